The summed E-state index contributed by atoms with van der Waals surface area (Å²) in [7, 11) is 3.16. The minimum absolute atomic E-state index is 0.0411. The van der Waals surface area contributed by atoms with Crippen molar-refractivity contribution in [3.8, 4) is 17.6 Å². The average Bonchev–Trinajstić information content (AvgIpc) is 2.50. The second-order valence-electron chi connectivity index (χ2n) is 4.51. The van der Waals surface area contributed by atoms with Crippen LogP contribution >= 0.6 is 0 Å². The maximum Gasteiger partial charge on any atom is 0.224 e. The zero-order valence-corrected chi connectivity index (χ0v) is 12.6. The molecule has 21 heavy (non-hydrogen) atoms. The van der Waals surface area contributed by atoms with Gasteiger partial charge in [0.15, 0.2) is 0 Å². The lowest BCUT2D eigenvalue weighted by atomic mass is 10.1. The molecule has 5 nitrogen and oxygen atoms in total. The van der Waals surface area contributed by atoms with Gasteiger partial charge in [-0.1, -0.05) is 11.8 Å². The van der Waals surface area contributed by atoms with Crippen LogP contribution in [0.3, 0.4) is 0 Å². The molecule has 2 N–H and O–H groups in total. The van der Waals surface area contributed by atoms with Crippen LogP contribution in [0.1, 0.15) is 25.3 Å². The van der Waals surface area contributed by atoms with Gasteiger partial charge >= 0.3 is 0 Å². The Labute approximate surface area is 125 Å². The number of carbonyl (C=O) groups is 1. The number of benzene rings is 1. The predicted molar refractivity (Wildman–Crippen MR) is 81.3 cm³/mol. The van der Waals surface area contributed by atoms with Gasteiger partial charge in [-0.15, -0.1) is 0 Å². The molecule has 1 aromatic rings. The van der Waals surface area contributed by atoms with Crippen LogP contribution in [0.25, 0.3) is 0 Å². The molecular weight excluding hydrogens is 270 g/mol. The van der Waals surface area contributed by atoms with Crippen molar-refractivity contribution in [3.05, 3.63) is 23.8 Å². The summed E-state index contributed by atoms with van der Waals surface area (Å²) in [4.78, 5) is 11.9. The molecule has 0 radical (unpaired) electrons. The number of carbonyl (C=O) groups excluding carboxylic acids is 1. The summed E-state index contributed by atoms with van der Waals surface area (Å²) in [5.74, 6) is 5.82. The average molecular weight is 291 g/mol. The number of hydrogen-bond donors (Lipinski definition) is 2. The SMILES string of the molecule is COc1ccc(C#CCO)cc1NC(=O)CCC(C)OC. The summed E-state index contributed by atoms with van der Waals surface area (Å²) in [6, 6.07) is 5.22. The summed E-state index contributed by atoms with van der Waals surface area (Å²) < 4.78 is 10.3. The van der Waals surface area contributed by atoms with Crippen molar-refractivity contribution in [3.63, 3.8) is 0 Å². The van der Waals surface area contributed by atoms with Crippen LogP contribution in [-0.2, 0) is 9.53 Å². The van der Waals surface area contributed by atoms with E-state index in [0.717, 1.165) is 0 Å². The second kappa shape index (κ2) is 9.01. The lowest BCUT2D eigenvalue weighted by Crippen LogP contribution is -2.15. The third-order valence-corrected chi connectivity index (χ3v) is 2.97. The predicted octanol–water partition coefficient (Wildman–Crippen LogP) is 1.79. The number of anilines is 1. The molecule has 0 fully saturated rings. The molecule has 0 aliphatic heterocycles. The molecule has 1 aromatic carbocycles. The summed E-state index contributed by atoms with van der Waals surface area (Å²) in [6.07, 6.45) is 1.05. The van der Waals surface area contributed by atoms with Gasteiger partial charge in [0, 0.05) is 19.1 Å². The van der Waals surface area contributed by atoms with Gasteiger partial charge in [0.2, 0.25) is 5.91 Å². The van der Waals surface area contributed by atoms with E-state index in [1.165, 1.54) is 7.11 Å². The number of hydrogen-bond acceptors (Lipinski definition) is 4. The van der Waals surface area contributed by atoms with Crippen molar-refractivity contribution in [2.75, 3.05) is 26.1 Å². The Morgan fingerprint density at radius 3 is 2.81 bits per heavy atom. The molecule has 0 bridgehead atoms. The fraction of sp³-hybridized carbons (Fsp3) is 0.438. The standard InChI is InChI=1S/C16H21NO4/c1-12(20-2)6-9-16(19)17-14-11-13(5-4-10-18)7-8-15(14)21-3/h7-8,11-12,18H,6,9-10H2,1-3H3,(H,17,19). The first-order valence-corrected chi connectivity index (χ1v) is 6.71. The van der Waals surface area contributed by atoms with E-state index in [-0.39, 0.29) is 18.6 Å². The van der Waals surface area contributed by atoms with Gasteiger partial charge < -0.3 is 19.9 Å². The minimum Gasteiger partial charge on any atom is -0.495 e. The summed E-state index contributed by atoms with van der Waals surface area (Å²) in [5, 5.41) is 11.5. The first kappa shape index (κ1) is 17.0. The maximum absolute atomic E-state index is 11.9. The molecule has 0 spiro atoms. The highest BCUT2D eigenvalue weighted by Gasteiger charge is 2.10. The molecule has 0 aliphatic carbocycles. The van der Waals surface area contributed by atoms with Crippen molar-refractivity contribution < 1.29 is 19.4 Å². The van der Waals surface area contributed by atoms with Gasteiger partial charge in [-0.2, -0.15) is 0 Å². The minimum atomic E-state index is -0.206. The zero-order chi connectivity index (χ0) is 15.7. The third-order valence-electron chi connectivity index (χ3n) is 2.97. The molecule has 0 aromatic heterocycles. The fourth-order valence-corrected chi connectivity index (χ4v) is 1.69. The first-order valence-electron chi connectivity index (χ1n) is 6.71. The number of aliphatic hydroxyl groups is 1. The van der Waals surface area contributed by atoms with Crippen LogP contribution in [0.15, 0.2) is 18.2 Å². The molecule has 1 rings (SSSR count). The molecule has 1 amide bonds. The highest BCUT2D eigenvalue weighted by molar-refractivity contribution is 5.92. The van der Waals surface area contributed by atoms with E-state index < -0.39 is 0 Å². The number of rotatable bonds is 6. The monoisotopic (exact) mass is 291 g/mol. The number of amides is 1. The van der Waals surface area contributed by atoms with Crippen molar-refractivity contribution in [2.24, 2.45) is 0 Å². The summed E-state index contributed by atoms with van der Waals surface area (Å²) in [5.41, 5.74) is 1.27. The van der Waals surface area contributed by atoms with Gasteiger partial charge in [-0.05, 0) is 31.5 Å². The Kier molecular flexibility index (Phi) is 7.30. The number of aliphatic hydroxyl groups excluding tert-OH is 1. The summed E-state index contributed by atoms with van der Waals surface area (Å²) >= 11 is 0. The van der Waals surface area contributed by atoms with Gasteiger partial charge in [0.05, 0.1) is 18.9 Å². The molecule has 1 unspecified atom stereocenters. The number of methoxy groups -OCH3 is 2. The van der Waals surface area contributed by atoms with Gasteiger partial charge in [0.1, 0.15) is 12.4 Å². The largest absolute Gasteiger partial charge is 0.495 e. The molecule has 0 aliphatic rings. The first-order chi connectivity index (χ1) is 10.1. The maximum atomic E-state index is 11.9. The number of ether oxygens (including phenoxy) is 2. The third kappa shape index (κ3) is 5.86. The summed E-state index contributed by atoms with van der Waals surface area (Å²) in [6.45, 7) is 1.71. The highest BCUT2D eigenvalue weighted by atomic mass is 16.5. The van der Waals surface area contributed by atoms with Crippen molar-refractivity contribution in [1.82, 2.24) is 0 Å². The van der Waals surface area contributed by atoms with Crippen LogP contribution < -0.4 is 10.1 Å². The van der Waals surface area contributed by atoms with E-state index in [0.29, 0.717) is 29.8 Å². The van der Waals surface area contributed by atoms with E-state index in [9.17, 15) is 4.79 Å². The quantitative estimate of drug-likeness (QED) is 0.784. The van der Waals surface area contributed by atoms with Crippen molar-refractivity contribution in [1.29, 1.82) is 0 Å². The van der Waals surface area contributed by atoms with Crippen molar-refractivity contribution in [2.45, 2.75) is 25.9 Å². The Hall–Kier alpha value is -2.03. The van der Waals surface area contributed by atoms with E-state index in [1.54, 1.807) is 25.3 Å². The van der Waals surface area contributed by atoms with Crippen LogP contribution in [0.4, 0.5) is 5.69 Å². The molecule has 1 atom stereocenters. The molecule has 0 saturated heterocycles. The Morgan fingerprint density at radius 2 is 2.19 bits per heavy atom. The van der Waals surface area contributed by atoms with E-state index >= 15 is 0 Å². The smallest absolute Gasteiger partial charge is 0.224 e. The Bertz CT molecular complexity index is 531. The Balaban J connectivity index is 2.77. The molecule has 0 saturated carbocycles. The van der Waals surface area contributed by atoms with Crippen molar-refractivity contribution >= 4 is 11.6 Å². The topological polar surface area (TPSA) is 67.8 Å². The Morgan fingerprint density at radius 1 is 1.43 bits per heavy atom. The molecule has 0 heterocycles. The van der Waals surface area contributed by atoms with Gasteiger partial charge in [-0.25, -0.2) is 0 Å². The van der Waals surface area contributed by atoms with Crippen LogP contribution in [0.5, 0.6) is 5.75 Å². The zero-order valence-electron chi connectivity index (χ0n) is 12.6. The second-order valence-corrected chi connectivity index (χ2v) is 4.51. The molecular formula is C16H21NO4. The number of nitrogens with one attached hydrogen (secondary N) is 1. The van der Waals surface area contributed by atoms with Crippen LogP contribution in [-0.4, -0.2) is 37.9 Å². The molecule has 114 valence electrons. The lowest BCUT2D eigenvalue weighted by Gasteiger charge is -2.12. The molecule has 5 heteroatoms. The van der Waals surface area contributed by atoms with Crippen LogP contribution in [0, 0.1) is 11.8 Å². The highest BCUT2D eigenvalue weighted by Crippen LogP contribution is 2.25. The van der Waals surface area contributed by atoms with Crippen LogP contribution in [0.2, 0.25) is 0 Å². The van der Waals surface area contributed by atoms with Gasteiger partial charge in [-0.3, -0.25) is 4.79 Å². The van der Waals surface area contributed by atoms with E-state index in [4.69, 9.17) is 14.6 Å². The van der Waals surface area contributed by atoms with Gasteiger partial charge in [0.25, 0.3) is 0 Å². The van der Waals surface area contributed by atoms with E-state index in [1.807, 2.05) is 6.92 Å². The normalized spacial score (nSPS) is 11.2. The van der Waals surface area contributed by atoms with E-state index in [2.05, 4.69) is 17.2 Å². The fourth-order valence-electron chi connectivity index (χ4n) is 1.69. The lowest BCUT2D eigenvalue weighted by molar-refractivity contribution is -0.116.